The van der Waals surface area contributed by atoms with E-state index in [9.17, 15) is 0 Å². The summed E-state index contributed by atoms with van der Waals surface area (Å²) in [6, 6.07) is 8.77. The number of nitrogens with two attached hydrogens (primary N) is 1. The average molecular weight is 229 g/mol. The maximum absolute atomic E-state index is 5.63. The summed E-state index contributed by atoms with van der Waals surface area (Å²) in [6.45, 7) is 0.638. The Bertz CT molecular complexity index is 362. The maximum atomic E-state index is 5.63. The van der Waals surface area contributed by atoms with Crippen LogP contribution in [0.15, 0.2) is 30.3 Å². The van der Waals surface area contributed by atoms with Crippen LogP contribution in [0.5, 0.6) is 0 Å². The Balaban J connectivity index is 2.11. The van der Waals surface area contributed by atoms with Crippen molar-refractivity contribution < 1.29 is 0 Å². The van der Waals surface area contributed by atoms with E-state index in [0.717, 1.165) is 0 Å². The Morgan fingerprint density at radius 2 is 1.59 bits per heavy atom. The van der Waals surface area contributed by atoms with Gasteiger partial charge in [-0.15, -0.1) is 0 Å². The van der Waals surface area contributed by atoms with Gasteiger partial charge >= 0.3 is 0 Å². The number of hydrogen-bond donors (Lipinski definition) is 1. The molecule has 0 aromatic heterocycles. The highest BCUT2D eigenvalue weighted by Crippen LogP contribution is 2.25. The summed E-state index contributed by atoms with van der Waals surface area (Å²) in [6.07, 6.45) is 11.8. The normalized spacial score (nSPS) is 20.9. The van der Waals surface area contributed by atoms with Crippen LogP contribution >= 0.6 is 0 Å². The molecule has 0 atom stereocenters. The van der Waals surface area contributed by atoms with E-state index in [0.29, 0.717) is 6.54 Å². The molecular weight excluding hydrogens is 206 g/mol. The van der Waals surface area contributed by atoms with Crippen LogP contribution in [0.1, 0.15) is 56.1 Å². The molecule has 1 heteroatoms. The molecule has 1 aromatic rings. The molecule has 1 aliphatic rings. The summed E-state index contributed by atoms with van der Waals surface area (Å²) < 4.78 is 0. The summed E-state index contributed by atoms with van der Waals surface area (Å²) in [5.74, 6) is 0. The van der Waals surface area contributed by atoms with Gasteiger partial charge in [0.2, 0.25) is 0 Å². The van der Waals surface area contributed by atoms with Crippen molar-refractivity contribution in [2.24, 2.45) is 5.73 Å². The number of hydrogen-bond acceptors (Lipinski definition) is 1. The lowest BCUT2D eigenvalue weighted by molar-refractivity contribution is 0.633. The van der Waals surface area contributed by atoms with Crippen molar-refractivity contribution in [1.29, 1.82) is 0 Å². The zero-order chi connectivity index (χ0) is 11.9. The van der Waals surface area contributed by atoms with Crippen LogP contribution in [0, 0.1) is 0 Å². The fourth-order valence-electron chi connectivity index (χ4n) is 2.49. The average Bonchev–Trinajstić information content (AvgIpc) is 2.52. The molecule has 0 amide bonds. The molecule has 0 heterocycles. The van der Waals surface area contributed by atoms with Crippen LogP contribution < -0.4 is 5.73 Å². The SMILES string of the molecule is NCc1ccc(/C2=C/CCCCCCC2)cc1. The molecule has 17 heavy (non-hydrogen) atoms. The quantitative estimate of drug-likeness (QED) is 0.805. The van der Waals surface area contributed by atoms with Crippen LogP contribution in [-0.2, 0) is 6.54 Å². The molecule has 0 radical (unpaired) electrons. The lowest BCUT2D eigenvalue weighted by Crippen LogP contribution is -1.96. The van der Waals surface area contributed by atoms with Gasteiger partial charge in [-0.05, 0) is 42.4 Å². The minimum atomic E-state index is 0.638. The zero-order valence-electron chi connectivity index (χ0n) is 10.6. The Morgan fingerprint density at radius 3 is 2.35 bits per heavy atom. The fraction of sp³-hybridized carbons (Fsp3) is 0.500. The van der Waals surface area contributed by atoms with Gasteiger partial charge in [0.25, 0.3) is 0 Å². The molecule has 0 aliphatic heterocycles. The van der Waals surface area contributed by atoms with E-state index in [4.69, 9.17) is 5.73 Å². The zero-order valence-corrected chi connectivity index (χ0v) is 10.6. The largest absolute Gasteiger partial charge is 0.326 e. The smallest absolute Gasteiger partial charge is 0.0178 e. The van der Waals surface area contributed by atoms with Crippen molar-refractivity contribution in [3.05, 3.63) is 41.5 Å². The molecule has 2 N–H and O–H groups in total. The number of allylic oxidation sites excluding steroid dienone is 2. The van der Waals surface area contributed by atoms with E-state index in [1.165, 1.54) is 61.6 Å². The van der Waals surface area contributed by atoms with Crippen molar-refractivity contribution in [1.82, 2.24) is 0 Å². The summed E-state index contributed by atoms with van der Waals surface area (Å²) in [5, 5.41) is 0. The monoisotopic (exact) mass is 229 g/mol. The highest BCUT2D eigenvalue weighted by molar-refractivity contribution is 5.65. The molecule has 2 rings (SSSR count). The third-order valence-electron chi connectivity index (χ3n) is 3.60. The van der Waals surface area contributed by atoms with Gasteiger partial charge in [0, 0.05) is 6.54 Å². The Morgan fingerprint density at radius 1 is 0.882 bits per heavy atom. The van der Waals surface area contributed by atoms with Crippen LogP contribution in [0.2, 0.25) is 0 Å². The molecule has 0 unspecified atom stereocenters. The van der Waals surface area contributed by atoms with E-state index in [1.807, 2.05) is 0 Å². The molecule has 1 aliphatic carbocycles. The van der Waals surface area contributed by atoms with Crippen LogP contribution in [0.3, 0.4) is 0 Å². The third-order valence-corrected chi connectivity index (χ3v) is 3.60. The standard InChI is InChI=1S/C16H23N/c17-13-14-9-11-16(12-10-14)15-7-5-3-1-2-4-6-8-15/h7,9-12H,1-6,8,13,17H2/b15-7+. The van der Waals surface area contributed by atoms with Gasteiger partial charge in [-0.3, -0.25) is 0 Å². The maximum Gasteiger partial charge on any atom is 0.0178 e. The molecule has 92 valence electrons. The molecule has 0 spiro atoms. The van der Waals surface area contributed by atoms with E-state index in [-0.39, 0.29) is 0 Å². The van der Waals surface area contributed by atoms with Crippen molar-refractivity contribution in [2.75, 3.05) is 0 Å². The van der Waals surface area contributed by atoms with Crippen LogP contribution in [-0.4, -0.2) is 0 Å². The van der Waals surface area contributed by atoms with Gasteiger partial charge in [0.05, 0.1) is 0 Å². The van der Waals surface area contributed by atoms with Crippen LogP contribution in [0.4, 0.5) is 0 Å². The fourth-order valence-corrected chi connectivity index (χ4v) is 2.49. The summed E-state index contributed by atoms with van der Waals surface area (Å²) in [4.78, 5) is 0. The topological polar surface area (TPSA) is 26.0 Å². The summed E-state index contributed by atoms with van der Waals surface area (Å²) >= 11 is 0. The van der Waals surface area contributed by atoms with Crippen molar-refractivity contribution in [3.63, 3.8) is 0 Å². The second-order valence-corrected chi connectivity index (χ2v) is 4.94. The van der Waals surface area contributed by atoms with Crippen molar-refractivity contribution in [3.8, 4) is 0 Å². The Kier molecular flexibility index (Phi) is 4.81. The molecule has 0 saturated heterocycles. The lowest BCUT2D eigenvalue weighted by Gasteiger charge is -2.08. The predicted molar refractivity (Wildman–Crippen MR) is 74.6 cm³/mol. The molecule has 1 aromatic carbocycles. The van der Waals surface area contributed by atoms with E-state index < -0.39 is 0 Å². The molecule has 0 bridgehead atoms. The second kappa shape index (κ2) is 6.61. The minimum Gasteiger partial charge on any atom is -0.326 e. The first-order valence-electron chi connectivity index (χ1n) is 6.88. The molecular formula is C16H23N. The molecule has 1 nitrogen and oxygen atoms in total. The first kappa shape index (κ1) is 12.4. The summed E-state index contributed by atoms with van der Waals surface area (Å²) in [7, 11) is 0. The van der Waals surface area contributed by atoms with E-state index in [1.54, 1.807) is 0 Å². The van der Waals surface area contributed by atoms with Gasteiger partial charge < -0.3 is 5.73 Å². The molecule has 0 saturated carbocycles. The molecule has 0 fully saturated rings. The van der Waals surface area contributed by atoms with Crippen LogP contribution in [0.25, 0.3) is 5.57 Å². The number of rotatable bonds is 2. The van der Waals surface area contributed by atoms with Gasteiger partial charge in [-0.25, -0.2) is 0 Å². The van der Waals surface area contributed by atoms with Crippen molar-refractivity contribution >= 4 is 5.57 Å². The van der Waals surface area contributed by atoms with Gasteiger partial charge in [-0.2, -0.15) is 0 Å². The number of benzene rings is 1. The van der Waals surface area contributed by atoms with E-state index in [2.05, 4.69) is 30.3 Å². The summed E-state index contributed by atoms with van der Waals surface area (Å²) in [5.41, 5.74) is 9.78. The van der Waals surface area contributed by atoms with Gasteiger partial charge in [0.15, 0.2) is 0 Å². The lowest BCUT2D eigenvalue weighted by atomic mass is 9.98. The predicted octanol–water partition coefficient (Wildman–Crippen LogP) is 4.27. The van der Waals surface area contributed by atoms with Gasteiger partial charge in [-0.1, -0.05) is 49.6 Å². The Hall–Kier alpha value is -1.08. The van der Waals surface area contributed by atoms with Crippen molar-refractivity contribution in [2.45, 2.75) is 51.5 Å². The third kappa shape index (κ3) is 3.71. The second-order valence-electron chi connectivity index (χ2n) is 4.94. The first-order chi connectivity index (χ1) is 8.40. The Labute approximate surface area is 105 Å². The minimum absolute atomic E-state index is 0.638. The first-order valence-corrected chi connectivity index (χ1v) is 6.88. The highest BCUT2D eigenvalue weighted by Gasteiger charge is 2.04. The highest BCUT2D eigenvalue weighted by atomic mass is 14.5. The van der Waals surface area contributed by atoms with Gasteiger partial charge in [0.1, 0.15) is 0 Å². The van der Waals surface area contributed by atoms with E-state index >= 15 is 0 Å².